The Bertz CT molecular complexity index is 1020. The Hall–Kier alpha value is -1.07. The molecule has 1 N–H and O–H groups in total. The number of carbonyl (C=O) groups excluding carboxylic acids is 1. The van der Waals surface area contributed by atoms with Gasteiger partial charge in [0.25, 0.3) is 0 Å². The highest BCUT2D eigenvalue weighted by atomic mass is 16.7. The van der Waals surface area contributed by atoms with Crippen molar-refractivity contribution in [3.63, 3.8) is 0 Å². The lowest BCUT2D eigenvalue weighted by Gasteiger charge is -2.70. The van der Waals surface area contributed by atoms with Crippen LogP contribution in [0.3, 0.4) is 0 Å². The van der Waals surface area contributed by atoms with E-state index < -0.39 is 34.4 Å². The van der Waals surface area contributed by atoms with Crippen LogP contribution >= 0.6 is 0 Å². The molecule has 7 aliphatic rings. The lowest BCUT2D eigenvalue weighted by atomic mass is 9.42. The third kappa shape index (κ3) is 2.12. The summed E-state index contributed by atoms with van der Waals surface area (Å²) in [7, 11) is 5.15. The highest BCUT2D eigenvalue weighted by Crippen LogP contribution is 2.83. The van der Waals surface area contributed by atoms with Crippen molar-refractivity contribution in [3.8, 4) is 0 Å². The Morgan fingerprint density at radius 3 is 2.56 bits per heavy atom. The highest BCUT2D eigenvalue weighted by molar-refractivity contribution is 5.67. The lowest BCUT2D eigenvalue weighted by Crippen LogP contribution is -2.85. The molecule has 2 heterocycles. The smallest absolute Gasteiger partial charge is 0.303 e. The Balaban J connectivity index is 1.62. The summed E-state index contributed by atoms with van der Waals surface area (Å²) in [5.74, 6) is -0.940. The van der Waals surface area contributed by atoms with Gasteiger partial charge in [0.2, 0.25) is 0 Å². The van der Waals surface area contributed by atoms with Gasteiger partial charge in [-0.25, -0.2) is 0 Å². The standard InChI is InChI=1S/C27H39NO8/c1-7-28-12-23(3)9-8-17(32-5)26-20(23)21(36-14(2)29)27(22(26)28)25(34-13-35-27)11-16(31-4)15-10-24(26,30)19(25)18(15)33-6/h8-9,15-22,30H,7,10-13H2,1-6H3. The average molecular weight is 506 g/mol. The zero-order chi connectivity index (χ0) is 25.5. The lowest BCUT2D eigenvalue weighted by molar-refractivity contribution is -0.317. The normalized spacial score (nSPS) is 59.8. The molecule has 6 fully saturated rings. The second-order valence-electron chi connectivity index (χ2n) is 12.5. The van der Waals surface area contributed by atoms with Gasteiger partial charge in [-0.05, 0) is 13.0 Å². The van der Waals surface area contributed by atoms with Crippen LogP contribution in [0.25, 0.3) is 0 Å². The van der Waals surface area contributed by atoms with Crippen LogP contribution in [-0.4, -0.2) is 104 Å². The third-order valence-corrected chi connectivity index (χ3v) is 11.7. The molecule has 7 bridgehead atoms. The molecule has 13 atom stereocenters. The predicted molar refractivity (Wildman–Crippen MR) is 126 cm³/mol. The summed E-state index contributed by atoms with van der Waals surface area (Å²) >= 11 is 0. The number of likely N-dealkylation sites (N-methyl/N-ethyl adjacent to an activating group) is 1. The predicted octanol–water partition coefficient (Wildman–Crippen LogP) is 1.13. The molecule has 3 spiro atoms. The number of likely N-dealkylation sites (tertiary alicyclic amines) is 1. The molecule has 0 aromatic carbocycles. The van der Waals surface area contributed by atoms with Gasteiger partial charge in [0.15, 0.2) is 5.60 Å². The van der Waals surface area contributed by atoms with E-state index in [1.54, 1.807) is 21.3 Å². The highest BCUT2D eigenvalue weighted by Gasteiger charge is 2.97. The van der Waals surface area contributed by atoms with E-state index in [1.165, 1.54) is 6.92 Å². The number of aliphatic hydroxyl groups is 1. The first-order chi connectivity index (χ1) is 17.2. The molecule has 2 aliphatic heterocycles. The second kappa shape index (κ2) is 7.11. The van der Waals surface area contributed by atoms with E-state index in [-0.39, 0.29) is 54.2 Å². The van der Waals surface area contributed by atoms with Crippen molar-refractivity contribution < 1.29 is 38.3 Å². The van der Waals surface area contributed by atoms with Crippen LogP contribution in [0.2, 0.25) is 0 Å². The van der Waals surface area contributed by atoms with Crippen molar-refractivity contribution in [2.75, 3.05) is 41.2 Å². The summed E-state index contributed by atoms with van der Waals surface area (Å²) in [4.78, 5) is 15.2. The van der Waals surface area contributed by atoms with Gasteiger partial charge in [0, 0.05) is 64.4 Å². The van der Waals surface area contributed by atoms with E-state index in [1.807, 2.05) is 0 Å². The minimum atomic E-state index is -1.21. The van der Waals surface area contributed by atoms with E-state index >= 15 is 0 Å². The van der Waals surface area contributed by atoms with Crippen LogP contribution in [0.1, 0.15) is 33.6 Å². The van der Waals surface area contributed by atoms with E-state index in [0.29, 0.717) is 12.8 Å². The van der Waals surface area contributed by atoms with Gasteiger partial charge >= 0.3 is 5.97 Å². The van der Waals surface area contributed by atoms with Gasteiger partial charge in [-0.15, -0.1) is 0 Å². The fourth-order valence-electron chi connectivity index (χ4n) is 11.2. The van der Waals surface area contributed by atoms with Gasteiger partial charge in [0.05, 0.1) is 35.4 Å². The number of piperidine rings is 1. The maximum Gasteiger partial charge on any atom is 0.303 e. The molecule has 13 unspecified atom stereocenters. The van der Waals surface area contributed by atoms with Gasteiger partial charge < -0.3 is 33.5 Å². The number of nitrogens with zero attached hydrogens (tertiary/aromatic N) is 1. The molecular formula is C27H39NO8. The molecule has 4 saturated carbocycles. The van der Waals surface area contributed by atoms with Crippen LogP contribution in [0, 0.1) is 28.6 Å². The van der Waals surface area contributed by atoms with E-state index in [4.69, 9.17) is 28.4 Å². The Kier molecular flexibility index (Phi) is 4.74. The molecule has 7 rings (SSSR count). The Morgan fingerprint density at radius 1 is 1.14 bits per heavy atom. The number of fused-ring (bicyclic) bond motifs is 1. The summed E-state index contributed by atoms with van der Waals surface area (Å²) in [5, 5.41) is 13.4. The van der Waals surface area contributed by atoms with Gasteiger partial charge in [0.1, 0.15) is 18.5 Å². The van der Waals surface area contributed by atoms with Crippen LogP contribution in [-0.2, 0) is 33.2 Å². The zero-order valence-corrected chi connectivity index (χ0v) is 22.1. The van der Waals surface area contributed by atoms with Crippen molar-refractivity contribution in [1.82, 2.24) is 4.90 Å². The van der Waals surface area contributed by atoms with Crippen molar-refractivity contribution in [2.45, 2.75) is 80.9 Å². The fraction of sp³-hybridized carbons (Fsp3) is 0.889. The van der Waals surface area contributed by atoms with Gasteiger partial charge in [-0.1, -0.05) is 26.0 Å². The maximum absolute atomic E-state index is 13.4. The minimum Gasteiger partial charge on any atom is -0.459 e. The number of hydrogen-bond acceptors (Lipinski definition) is 9. The number of ether oxygens (including phenoxy) is 6. The molecule has 2 saturated heterocycles. The summed E-state index contributed by atoms with van der Waals surface area (Å²) in [6.07, 6.45) is 3.95. The van der Waals surface area contributed by atoms with Crippen molar-refractivity contribution in [3.05, 3.63) is 12.2 Å². The first-order valence-corrected chi connectivity index (χ1v) is 13.4. The van der Waals surface area contributed by atoms with Crippen molar-refractivity contribution in [2.24, 2.45) is 28.6 Å². The SMILES string of the molecule is CCN1CC2(C)C=CC(OC)C34C2C(OC(C)=O)C2(OCOC25CC(OC)C2CC3(O)C5C2OC)C14. The van der Waals surface area contributed by atoms with Gasteiger partial charge in [-0.2, -0.15) is 0 Å². The molecule has 0 aromatic heterocycles. The Morgan fingerprint density at radius 2 is 1.92 bits per heavy atom. The molecule has 0 radical (unpaired) electrons. The van der Waals surface area contributed by atoms with Gasteiger partial charge in [-0.3, -0.25) is 9.69 Å². The first-order valence-electron chi connectivity index (χ1n) is 13.4. The number of esters is 1. The maximum atomic E-state index is 13.4. The number of rotatable bonds is 5. The molecule has 9 nitrogen and oxygen atoms in total. The van der Waals surface area contributed by atoms with Crippen LogP contribution in [0.4, 0.5) is 0 Å². The zero-order valence-electron chi connectivity index (χ0n) is 22.1. The first kappa shape index (κ1) is 24.0. The molecule has 5 aliphatic carbocycles. The topological polar surface area (TPSA) is 95.9 Å². The number of methoxy groups -OCH3 is 3. The van der Waals surface area contributed by atoms with Crippen LogP contribution in [0.5, 0.6) is 0 Å². The second-order valence-corrected chi connectivity index (χ2v) is 12.5. The van der Waals surface area contributed by atoms with E-state index in [0.717, 1.165) is 13.1 Å². The van der Waals surface area contributed by atoms with Crippen LogP contribution < -0.4 is 0 Å². The molecule has 0 aromatic rings. The molecule has 200 valence electrons. The van der Waals surface area contributed by atoms with Crippen molar-refractivity contribution >= 4 is 5.97 Å². The molecule has 9 heteroatoms. The number of hydrogen-bond donors (Lipinski definition) is 1. The number of carbonyl (C=O) groups is 1. The third-order valence-electron chi connectivity index (χ3n) is 11.7. The summed E-state index contributed by atoms with van der Waals surface area (Å²) in [5.41, 5.74) is -4.32. The monoisotopic (exact) mass is 505 g/mol. The molecule has 36 heavy (non-hydrogen) atoms. The summed E-state index contributed by atoms with van der Waals surface area (Å²) < 4.78 is 38.5. The van der Waals surface area contributed by atoms with Crippen molar-refractivity contribution in [1.29, 1.82) is 0 Å². The fourth-order valence-corrected chi connectivity index (χ4v) is 11.2. The quantitative estimate of drug-likeness (QED) is 0.436. The molecule has 0 amide bonds. The van der Waals surface area contributed by atoms with E-state index in [9.17, 15) is 9.90 Å². The summed E-state index contributed by atoms with van der Waals surface area (Å²) in [6, 6.07) is -0.275. The molecular weight excluding hydrogens is 466 g/mol. The average Bonchev–Trinajstić information content (AvgIpc) is 3.40. The minimum absolute atomic E-state index is 0.00764. The summed E-state index contributed by atoms with van der Waals surface area (Å²) in [6.45, 7) is 7.45. The Labute approximate surface area is 212 Å². The van der Waals surface area contributed by atoms with Crippen LogP contribution in [0.15, 0.2) is 12.2 Å². The van der Waals surface area contributed by atoms with E-state index in [2.05, 4.69) is 30.9 Å². The largest absolute Gasteiger partial charge is 0.459 e.